The van der Waals surface area contributed by atoms with Gasteiger partial charge in [-0.25, -0.2) is 10.4 Å². The molecule has 1 rings (SSSR count). The molecule has 1 aromatic heterocycles. The number of hydrazine groups is 1. The topological polar surface area (TPSA) is 485 Å². The molecule has 1 aromatic rings. The lowest BCUT2D eigenvalue weighted by atomic mass is 10.0. The van der Waals surface area contributed by atoms with Gasteiger partial charge in [0.1, 0.15) is 50.2 Å². The number of guanidine groups is 1. The third-order valence-corrected chi connectivity index (χ3v) is 14.5. The number of hydrogen-bond donors (Lipinski definition) is 16. The van der Waals surface area contributed by atoms with Gasteiger partial charge in [-0.3, -0.25) is 58.4 Å². The number of primary amides is 1. The van der Waals surface area contributed by atoms with Crippen molar-refractivity contribution < 1.29 is 69.1 Å². The summed E-state index contributed by atoms with van der Waals surface area (Å²) < 4.78 is 7.63. The van der Waals surface area contributed by atoms with Crippen molar-refractivity contribution in [1.29, 1.82) is 0 Å². The molecule has 0 aliphatic carbocycles. The minimum atomic E-state index is -1.59. The highest BCUT2D eigenvalue weighted by Gasteiger charge is 2.34. The van der Waals surface area contributed by atoms with Crippen LogP contribution in [0.15, 0.2) is 17.5 Å². The summed E-state index contributed by atoms with van der Waals surface area (Å²) in [5.74, 6) is -8.35. The Hall–Kier alpha value is -7.25. The quantitative estimate of drug-likeness (QED) is 0.0135. The van der Waals surface area contributed by atoms with E-state index in [4.69, 9.17) is 18.6 Å². The molecule has 0 saturated heterocycles. The zero-order valence-corrected chi connectivity index (χ0v) is 55.6. The lowest BCUT2D eigenvalue weighted by molar-refractivity contribution is -0.139. The number of imidazole rings is 1. The predicted molar refractivity (Wildman–Crippen MR) is 347 cm³/mol. The third-order valence-electron chi connectivity index (χ3n) is 13.8. The number of aliphatic hydroxyl groups excluding tert-OH is 1. The van der Waals surface area contributed by atoms with Crippen LogP contribution in [-0.2, 0) is 64.0 Å². The Morgan fingerprint density at radius 3 is 1.71 bits per heavy atom. The fourth-order valence-corrected chi connectivity index (χ4v) is 9.39. The molecule has 10 atom stereocenters. The van der Waals surface area contributed by atoms with Gasteiger partial charge in [-0.15, -0.1) is 0 Å². The number of unbranched alkanes of at least 4 members (excludes halogenated alkanes) is 8. The Labute approximate surface area is 541 Å². The van der Waals surface area contributed by atoms with Crippen LogP contribution in [0.25, 0.3) is 0 Å². The number of aromatic amines is 1. The Kier molecular flexibility index (Phi) is 44.4. The van der Waals surface area contributed by atoms with Gasteiger partial charge in [0.15, 0.2) is 5.96 Å². The first-order chi connectivity index (χ1) is 43.5. The molecule has 0 aromatic carbocycles. The number of carboxylic acid groups (broad SMARTS) is 1. The maximum Gasteiger partial charge on any atom is 0.303 e. The number of aldehydes is 2. The van der Waals surface area contributed by atoms with Crippen molar-refractivity contribution in [2.24, 2.45) is 34.0 Å². The van der Waals surface area contributed by atoms with Crippen LogP contribution in [0.1, 0.15) is 184 Å². The number of carbonyl (C=O) groups is 12. The van der Waals surface area contributed by atoms with Gasteiger partial charge in [0.25, 0.3) is 5.91 Å². The number of carboxylic acids is 1. The van der Waals surface area contributed by atoms with E-state index in [1.165, 1.54) is 76.7 Å². The molecule has 0 bridgehead atoms. The van der Waals surface area contributed by atoms with Crippen LogP contribution in [0, 0.1) is 11.8 Å². The molecule has 1 heterocycles. The summed E-state index contributed by atoms with van der Waals surface area (Å²) in [5, 5.41) is 40.7. The van der Waals surface area contributed by atoms with E-state index >= 15 is 0 Å². The molecule has 91 heavy (non-hydrogen) atoms. The van der Waals surface area contributed by atoms with E-state index in [2.05, 4.69) is 82.2 Å². The summed E-state index contributed by atoms with van der Waals surface area (Å²) in [7, 11) is 0. The second-order valence-electron chi connectivity index (χ2n) is 23.3. The lowest BCUT2D eigenvalue weighted by Gasteiger charge is -2.27. The summed E-state index contributed by atoms with van der Waals surface area (Å²) in [5.41, 5.74) is 22.1. The maximum absolute atomic E-state index is 13.8. The first-order valence-electron chi connectivity index (χ1n) is 32.1. The first-order valence-corrected chi connectivity index (χ1v) is 32.9. The number of hydrogen-bond acceptors (Lipinski definition) is 18. The SMILES string of the molecule is CCCCCCCC.[2H]C(=O)C(Cc1cnc[nH]1)NC(=O)[C@H](CC(N)=O)NC(=O)C(CC(C)C)NNC(=O)C(CC(C)C)NCCCCCCC(=O)N[C@H](C(=O)NC(CCC(=O)O)C(=O)N[C@@H](CCCN=C(N)N)C(=O)NC(CCSC)C(=O)N[C@@H](C)C=O)[C@@H](C)O. The molecule has 0 aliphatic heterocycles. The molecule has 9 amide bonds. The van der Waals surface area contributed by atoms with Crippen molar-refractivity contribution in [2.45, 2.75) is 244 Å². The van der Waals surface area contributed by atoms with E-state index in [0.717, 1.165) is 0 Å². The van der Waals surface area contributed by atoms with E-state index in [1.807, 2.05) is 27.7 Å². The van der Waals surface area contributed by atoms with Crippen molar-refractivity contribution in [3.8, 4) is 0 Å². The highest BCUT2D eigenvalue weighted by Crippen LogP contribution is 2.12. The molecule has 19 N–H and O–H groups in total. The number of aliphatic carboxylic acids is 1. The molecule has 0 saturated carbocycles. The van der Waals surface area contributed by atoms with Crippen LogP contribution < -0.4 is 70.6 Å². The number of aromatic nitrogens is 2. The minimum absolute atomic E-state index is 0.0422. The molecule has 0 spiro atoms. The number of rotatable bonds is 50. The zero-order chi connectivity index (χ0) is 69.7. The summed E-state index contributed by atoms with van der Waals surface area (Å²) in [6.45, 7) is 15.1. The van der Waals surface area contributed by atoms with Gasteiger partial charge in [-0.1, -0.05) is 92.9 Å². The number of aliphatic hydroxyl groups is 1. The molecule has 30 nitrogen and oxygen atoms in total. The van der Waals surface area contributed by atoms with Crippen LogP contribution in [0.4, 0.5) is 0 Å². The van der Waals surface area contributed by atoms with Crippen LogP contribution in [-0.4, -0.2) is 183 Å². The van der Waals surface area contributed by atoms with E-state index in [0.29, 0.717) is 56.4 Å². The number of amides is 9. The van der Waals surface area contributed by atoms with E-state index in [9.17, 15) is 67.7 Å². The van der Waals surface area contributed by atoms with E-state index < -0.39 is 145 Å². The minimum Gasteiger partial charge on any atom is -0.481 e. The summed E-state index contributed by atoms with van der Waals surface area (Å²) in [4.78, 5) is 165. The monoisotopic (exact) mass is 1310 g/mol. The molecule has 31 heteroatoms. The Morgan fingerprint density at radius 1 is 0.648 bits per heavy atom. The van der Waals surface area contributed by atoms with E-state index in [-0.39, 0.29) is 62.9 Å². The van der Waals surface area contributed by atoms with E-state index in [1.54, 1.807) is 6.26 Å². The summed E-state index contributed by atoms with van der Waals surface area (Å²) in [6, 6.07) is -11.2. The van der Waals surface area contributed by atoms with Gasteiger partial charge < -0.3 is 84.5 Å². The van der Waals surface area contributed by atoms with Crippen LogP contribution in [0.3, 0.4) is 0 Å². The number of nitrogens with one attached hydrogen (secondary N) is 11. The average molecular weight is 1310 g/mol. The molecular formula is C60H108N16O14S. The number of nitrogens with two attached hydrogens (primary N) is 3. The number of H-pyrrole nitrogens is 1. The van der Waals surface area contributed by atoms with Crippen molar-refractivity contribution in [2.75, 3.05) is 25.1 Å². The van der Waals surface area contributed by atoms with Crippen LogP contribution >= 0.6 is 11.8 Å². The number of aliphatic imine (C=N–C) groups is 1. The molecular weight excluding hydrogens is 1200 g/mol. The predicted octanol–water partition coefficient (Wildman–Crippen LogP) is 0.0483. The smallest absolute Gasteiger partial charge is 0.303 e. The highest BCUT2D eigenvalue weighted by molar-refractivity contribution is 7.98. The zero-order valence-electron chi connectivity index (χ0n) is 55.8. The second kappa shape index (κ2) is 49.5. The molecule has 0 fully saturated rings. The van der Waals surface area contributed by atoms with Gasteiger partial charge in [-0.2, -0.15) is 11.8 Å². The Balaban J connectivity index is 0.00000963. The van der Waals surface area contributed by atoms with Crippen molar-refractivity contribution >= 4 is 89.4 Å². The maximum atomic E-state index is 13.8. The Morgan fingerprint density at radius 2 is 1.19 bits per heavy atom. The lowest BCUT2D eigenvalue weighted by Crippen LogP contribution is -2.59. The van der Waals surface area contributed by atoms with Crippen molar-refractivity contribution in [1.82, 2.24) is 63.4 Å². The molecule has 518 valence electrons. The molecule has 0 radical (unpaired) electrons. The van der Waals surface area contributed by atoms with Crippen molar-refractivity contribution in [3.05, 3.63) is 18.2 Å². The Bertz CT molecular complexity index is 2430. The number of carbonyl (C=O) groups excluding carboxylic acids is 11. The fraction of sp³-hybridized carbons (Fsp3) is 0.733. The van der Waals surface area contributed by atoms with Crippen LogP contribution in [0.5, 0.6) is 0 Å². The normalized spacial score (nSPS) is 14.5. The van der Waals surface area contributed by atoms with Gasteiger partial charge in [0, 0.05) is 37.7 Å². The molecule has 0 aliphatic rings. The highest BCUT2D eigenvalue weighted by atomic mass is 32.2. The second-order valence-corrected chi connectivity index (χ2v) is 24.3. The van der Waals surface area contributed by atoms with Gasteiger partial charge >= 0.3 is 5.97 Å². The van der Waals surface area contributed by atoms with Crippen LogP contribution in [0.2, 0.25) is 0 Å². The van der Waals surface area contributed by atoms with Crippen molar-refractivity contribution in [3.63, 3.8) is 0 Å². The van der Waals surface area contributed by atoms with Gasteiger partial charge in [0.05, 0.1) is 37.0 Å². The first kappa shape index (κ1) is 81.8. The number of thioether (sulfide) groups is 1. The number of nitrogens with zero attached hydrogens (tertiary/aromatic N) is 2. The van der Waals surface area contributed by atoms with Gasteiger partial charge in [-0.05, 0) is 95.6 Å². The third kappa shape index (κ3) is 40.3. The summed E-state index contributed by atoms with van der Waals surface area (Å²) >= 11 is 1.39. The average Bonchev–Trinajstić information content (AvgIpc) is 1.07. The fourth-order valence-electron chi connectivity index (χ4n) is 8.92. The summed E-state index contributed by atoms with van der Waals surface area (Å²) in [6.07, 6.45) is 11.9. The largest absolute Gasteiger partial charge is 0.481 e. The standard InChI is InChI=1S/C52H90N16O14S.C8H18/c1-29(2)21-38(50(81)68-67-40(22-30(3)4)49(80)65-39(24-41(53)72)48(79)61-34(27-70)23-33-25-56-28-59-33)57-18-11-9-8-10-14-42(73)66-44(32(6)71)51(82)64-36(15-16-43(74)75)47(78)62-35(13-12-19-58-52(54)55)46(77)63-37(17-20-83-7)45(76)60-31(5)26-69;1-3-5-7-8-6-4-2/h25-32,34-40,44,57,67,71H,8-24H2,1-7H3,(H2,53,72)(H,56,59)(H,60,76)(H,61,79)(H,62,78)(H,63,77)(H,64,82)(H,65,80)(H,66,73)(H,68,81)(H,74,75)(H4,54,55,58);3-8H2,1-2H3/t31-,32+,34?,35-,36?,37?,38?,39-,40?,44-;/m0./s1/i27D;. The van der Waals surface area contributed by atoms with Gasteiger partial charge in [0.2, 0.25) is 47.3 Å². The molecule has 5 unspecified atom stereocenters.